The first-order chi connectivity index (χ1) is 10.6. The van der Waals surface area contributed by atoms with Crippen molar-refractivity contribution in [1.82, 2.24) is 0 Å². The third kappa shape index (κ3) is 5.47. The standard InChI is InChI=1S/C16H32O5Si2/c1-22(2,3)20-15-13(9-10-17)19-12-8-7-11-18-14(12)16(15)21-23(4,5)6/h10,12-16H,7-9,11H2,1-6H3/t12-,13+,14-,15+,16+/m0/s1. The average Bonchev–Trinajstić information content (AvgIpc) is 2.40. The molecule has 0 aliphatic carbocycles. The normalized spacial score (nSPS) is 35.7. The first-order valence-electron chi connectivity index (χ1n) is 8.67. The van der Waals surface area contributed by atoms with Crippen molar-refractivity contribution in [2.24, 2.45) is 0 Å². The molecule has 2 heterocycles. The summed E-state index contributed by atoms with van der Waals surface area (Å²) in [7, 11) is -3.58. The minimum absolute atomic E-state index is 0.0107. The third-order valence-corrected chi connectivity index (χ3v) is 5.94. The highest BCUT2D eigenvalue weighted by atomic mass is 28.4. The fourth-order valence-corrected chi connectivity index (χ4v) is 5.49. The fraction of sp³-hybridized carbons (Fsp3) is 0.938. The average molecular weight is 361 g/mol. The Hall–Kier alpha value is -0.0562. The molecule has 5 atom stereocenters. The SMILES string of the molecule is C[Si](C)(C)O[C@@H]1[C@H]2OCCC[C@@H]2O[C@H](CC=O)[C@H]1O[Si](C)(C)C. The summed E-state index contributed by atoms with van der Waals surface area (Å²) in [6.45, 7) is 13.8. The summed E-state index contributed by atoms with van der Waals surface area (Å²) in [5.41, 5.74) is 0. The molecule has 0 N–H and O–H groups in total. The Morgan fingerprint density at radius 2 is 1.65 bits per heavy atom. The van der Waals surface area contributed by atoms with Crippen molar-refractivity contribution < 1.29 is 23.1 Å². The van der Waals surface area contributed by atoms with Crippen LogP contribution in [0, 0.1) is 0 Å². The van der Waals surface area contributed by atoms with Crippen molar-refractivity contribution in [3.8, 4) is 0 Å². The molecule has 0 radical (unpaired) electrons. The predicted molar refractivity (Wildman–Crippen MR) is 94.8 cm³/mol. The molecule has 0 aromatic heterocycles. The molecule has 2 saturated heterocycles. The fourth-order valence-electron chi connectivity index (χ4n) is 3.31. The molecule has 2 aliphatic heterocycles. The zero-order chi connectivity index (χ0) is 17.3. The number of carbonyl (C=O) groups excluding carboxylic acids is 1. The van der Waals surface area contributed by atoms with Gasteiger partial charge in [0, 0.05) is 13.0 Å². The van der Waals surface area contributed by atoms with E-state index in [-0.39, 0.29) is 30.5 Å². The molecule has 0 saturated carbocycles. The Kier molecular flexibility index (Phi) is 6.24. The van der Waals surface area contributed by atoms with Crippen LogP contribution >= 0.6 is 0 Å². The summed E-state index contributed by atoms with van der Waals surface area (Å²) >= 11 is 0. The lowest BCUT2D eigenvalue weighted by Crippen LogP contribution is -2.64. The van der Waals surface area contributed by atoms with Crippen LogP contribution in [0.1, 0.15) is 19.3 Å². The highest BCUT2D eigenvalue weighted by Crippen LogP contribution is 2.36. The number of hydrogen-bond acceptors (Lipinski definition) is 5. The van der Waals surface area contributed by atoms with Gasteiger partial charge in [0.15, 0.2) is 16.6 Å². The van der Waals surface area contributed by atoms with Gasteiger partial charge in [-0.3, -0.25) is 0 Å². The molecule has 134 valence electrons. The van der Waals surface area contributed by atoms with Crippen LogP contribution < -0.4 is 0 Å². The van der Waals surface area contributed by atoms with Gasteiger partial charge in [0.05, 0.1) is 18.3 Å². The van der Waals surface area contributed by atoms with E-state index in [9.17, 15) is 4.79 Å². The second-order valence-electron chi connectivity index (χ2n) is 8.48. The van der Waals surface area contributed by atoms with Gasteiger partial charge < -0.3 is 23.1 Å². The number of hydrogen-bond donors (Lipinski definition) is 0. The second kappa shape index (κ2) is 7.45. The highest BCUT2D eigenvalue weighted by molar-refractivity contribution is 6.70. The van der Waals surface area contributed by atoms with Gasteiger partial charge >= 0.3 is 0 Å². The van der Waals surface area contributed by atoms with E-state index in [0.29, 0.717) is 6.42 Å². The van der Waals surface area contributed by atoms with Gasteiger partial charge in [-0.1, -0.05) is 0 Å². The van der Waals surface area contributed by atoms with Gasteiger partial charge in [-0.2, -0.15) is 0 Å². The molecule has 0 aromatic rings. The van der Waals surface area contributed by atoms with Gasteiger partial charge in [-0.05, 0) is 52.1 Å². The molecule has 0 unspecified atom stereocenters. The molecule has 0 amide bonds. The quantitative estimate of drug-likeness (QED) is 0.538. The van der Waals surface area contributed by atoms with E-state index in [1.54, 1.807) is 0 Å². The van der Waals surface area contributed by atoms with Crippen molar-refractivity contribution in [3.05, 3.63) is 0 Å². The summed E-state index contributed by atoms with van der Waals surface area (Å²) < 4.78 is 25.2. The first kappa shape index (κ1) is 19.3. The molecule has 0 spiro atoms. The largest absolute Gasteiger partial charge is 0.409 e. The Balaban J connectivity index is 2.29. The highest BCUT2D eigenvalue weighted by Gasteiger charge is 2.50. The molecule has 2 fully saturated rings. The molecule has 0 bridgehead atoms. The van der Waals surface area contributed by atoms with E-state index < -0.39 is 16.6 Å². The van der Waals surface area contributed by atoms with Crippen LogP contribution in [0.2, 0.25) is 39.3 Å². The first-order valence-corrected chi connectivity index (χ1v) is 15.5. The summed E-state index contributed by atoms with van der Waals surface area (Å²) in [4.78, 5) is 11.1. The zero-order valence-corrected chi connectivity index (χ0v) is 17.3. The lowest BCUT2D eigenvalue weighted by atomic mass is 9.90. The minimum Gasteiger partial charge on any atom is -0.409 e. The molecule has 5 nitrogen and oxygen atoms in total. The van der Waals surface area contributed by atoms with Crippen LogP contribution in [-0.4, -0.2) is 60.0 Å². The maximum Gasteiger partial charge on any atom is 0.184 e. The van der Waals surface area contributed by atoms with Crippen LogP contribution in [0.4, 0.5) is 0 Å². The van der Waals surface area contributed by atoms with Crippen molar-refractivity contribution in [3.63, 3.8) is 0 Å². The minimum atomic E-state index is -1.81. The Bertz CT molecular complexity index is 404. The number of rotatable bonds is 6. The van der Waals surface area contributed by atoms with E-state index in [1.165, 1.54) is 0 Å². The van der Waals surface area contributed by atoms with E-state index in [2.05, 4.69) is 39.3 Å². The maximum atomic E-state index is 11.1. The summed E-state index contributed by atoms with van der Waals surface area (Å²) in [6, 6.07) is 0. The second-order valence-corrected chi connectivity index (χ2v) is 17.4. The number of ether oxygens (including phenoxy) is 2. The molecular weight excluding hydrogens is 328 g/mol. The lowest BCUT2D eigenvalue weighted by Gasteiger charge is -2.50. The Morgan fingerprint density at radius 3 is 2.22 bits per heavy atom. The van der Waals surface area contributed by atoms with Crippen molar-refractivity contribution in [1.29, 1.82) is 0 Å². The van der Waals surface area contributed by atoms with Gasteiger partial charge in [-0.25, -0.2) is 0 Å². The predicted octanol–water partition coefficient (Wildman–Crippen LogP) is 2.96. The van der Waals surface area contributed by atoms with Crippen LogP contribution in [0.25, 0.3) is 0 Å². The van der Waals surface area contributed by atoms with Crippen molar-refractivity contribution in [2.45, 2.75) is 89.1 Å². The summed E-state index contributed by atoms with van der Waals surface area (Å²) in [6.07, 6.45) is 2.57. The molecule has 0 aromatic carbocycles. The van der Waals surface area contributed by atoms with E-state index in [4.69, 9.17) is 18.3 Å². The van der Waals surface area contributed by atoms with Crippen LogP contribution in [0.3, 0.4) is 0 Å². The van der Waals surface area contributed by atoms with Gasteiger partial charge in [0.1, 0.15) is 18.5 Å². The number of carbonyl (C=O) groups is 1. The van der Waals surface area contributed by atoms with E-state index in [0.717, 1.165) is 25.7 Å². The third-order valence-electron chi connectivity index (χ3n) is 3.98. The van der Waals surface area contributed by atoms with Gasteiger partial charge in [-0.15, -0.1) is 0 Å². The molecule has 2 rings (SSSR count). The topological polar surface area (TPSA) is 54.0 Å². The Labute approximate surface area is 142 Å². The molecule has 23 heavy (non-hydrogen) atoms. The smallest absolute Gasteiger partial charge is 0.184 e. The number of fused-ring (bicyclic) bond motifs is 1. The van der Waals surface area contributed by atoms with Gasteiger partial charge in [0.2, 0.25) is 0 Å². The van der Waals surface area contributed by atoms with Crippen LogP contribution in [-0.2, 0) is 23.1 Å². The maximum absolute atomic E-state index is 11.1. The molecule has 2 aliphatic rings. The van der Waals surface area contributed by atoms with Gasteiger partial charge in [0.25, 0.3) is 0 Å². The van der Waals surface area contributed by atoms with Crippen LogP contribution in [0.5, 0.6) is 0 Å². The monoisotopic (exact) mass is 360 g/mol. The number of aldehydes is 1. The molecule has 7 heteroatoms. The van der Waals surface area contributed by atoms with E-state index in [1.807, 2.05) is 0 Å². The molecular formula is C16H32O5Si2. The summed E-state index contributed by atoms with van der Waals surface area (Å²) in [5, 5.41) is 0. The summed E-state index contributed by atoms with van der Waals surface area (Å²) in [5.74, 6) is 0. The van der Waals surface area contributed by atoms with Crippen molar-refractivity contribution >= 4 is 22.9 Å². The van der Waals surface area contributed by atoms with Crippen LogP contribution in [0.15, 0.2) is 0 Å². The van der Waals surface area contributed by atoms with E-state index >= 15 is 0 Å². The zero-order valence-electron chi connectivity index (χ0n) is 15.3. The Morgan fingerprint density at radius 1 is 1.04 bits per heavy atom. The lowest BCUT2D eigenvalue weighted by molar-refractivity contribution is -0.240. The van der Waals surface area contributed by atoms with Crippen molar-refractivity contribution in [2.75, 3.05) is 6.61 Å².